The maximum Gasteiger partial charge on any atom is 0.408 e. The molecule has 0 saturated carbocycles. The van der Waals surface area contributed by atoms with Crippen LogP contribution >= 0.6 is 11.6 Å². The van der Waals surface area contributed by atoms with Gasteiger partial charge in [0.15, 0.2) is 0 Å². The monoisotopic (exact) mass is 366 g/mol. The summed E-state index contributed by atoms with van der Waals surface area (Å²) in [7, 11) is 0. The lowest BCUT2D eigenvalue weighted by molar-refractivity contribution is -0.139. The Hall–Kier alpha value is -2.08. The minimum Gasteiger partial charge on any atom is -0.480 e. The number of rotatable bonds is 4. The van der Waals surface area contributed by atoms with Gasteiger partial charge in [0.1, 0.15) is 16.8 Å². The van der Waals surface area contributed by atoms with Gasteiger partial charge < -0.3 is 15.2 Å². The van der Waals surface area contributed by atoms with Gasteiger partial charge in [-0.2, -0.15) is 0 Å². The molecule has 0 aromatic rings. The number of carboxylic acid groups (broad SMARTS) is 1. The summed E-state index contributed by atoms with van der Waals surface area (Å²) in [6.45, 7) is 7.12. The number of carbonyl (C=O) groups is 2. The molecule has 1 aliphatic heterocycles. The van der Waals surface area contributed by atoms with E-state index in [1.54, 1.807) is 20.8 Å². The number of nitrogens with zero attached hydrogens (tertiary/aromatic N) is 1. The Bertz CT molecular complexity index is 686. The van der Waals surface area contributed by atoms with Gasteiger partial charge in [0.2, 0.25) is 0 Å². The van der Waals surface area contributed by atoms with Crippen molar-refractivity contribution in [2.45, 2.75) is 51.8 Å². The Morgan fingerprint density at radius 2 is 2.08 bits per heavy atom. The maximum absolute atomic E-state index is 11.9. The number of amides is 1. The molecule has 3 atom stereocenters. The van der Waals surface area contributed by atoms with Crippen LogP contribution in [0.1, 0.15) is 34.1 Å². The third-order valence-electron chi connectivity index (χ3n) is 3.74. The van der Waals surface area contributed by atoms with Crippen LogP contribution in [0.2, 0.25) is 0 Å². The number of carboxylic acids is 1. The van der Waals surface area contributed by atoms with Crippen molar-refractivity contribution in [3.8, 4) is 0 Å². The van der Waals surface area contributed by atoms with E-state index in [1.165, 1.54) is 0 Å². The second kappa shape index (κ2) is 7.44. The van der Waals surface area contributed by atoms with E-state index in [-0.39, 0.29) is 23.6 Å². The van der Waals surface area contributed by atoms with Crippen LogP contribution in [0, 0.1) is 5.92 Å². The van der Waals surface area contributed by atoms with Crippen LogP contribution in [0.25, 0.3) is 0 Å². The molecule has 0 fully saturated rings. The van der Waals surface area contributed by atoms with Crippen LogP contribution in [0.3, 0.4) is 0 Å². The van der Waals surface area contributed by atoms with Gasteiger partial charge in [-0.05, 0) is 33.3 Å². The van der Waals surface area contributed by atoms with Crippen LogP contribution in [0.4, 0.5) is 4.79 Å². The summed E-state index contributed by atoms with van der Waals surface area (Å²) in [5, 5.41) is 12.1. The number of hydrogen-bond acceptors (Lipinski definition) is 4. The fourth-order valence-electron chi connectivity index (χ4n) is 2.65. The second-order valence-electron chi connectivity index (χ2n) is 7.19. The van der Waals surface area contributed by atoms with Gasteiger partial charge in [0, 0.05) is 12.3 Å². The molecule has 2 N–H and O–H groups in total. The summed E-state index contributed by atoms with van der Waals surface area (Å²) in [6, 6.07) is -1.21. The van der Waals surface area contributed by atoms with Crippen molar-refractivity contribution < 1.29 is 19.4 Å². The number of aliphatic carboxylic acids is 1. The number of carbonyl (C=O) groups excluding carboxylic acids is 1. The quantitative estimate of drug-likeness (QED) is 0.797. The molecule has 2 aliphatic rings. The maximum atomic E-state index is 11.9. The molecule has 0 aromatic heterocycles. The Kier molecular flexibility index (Phi) is 5.72. The van der Waals surface area contributed by atoms with Crippen molar-refractivity contribution in [2.24, 2.45) is 10.9 Å². The first-order valence-electron chi connectivity index (χ1n) is 8.08. The minimum atomic E-state index is -1.16. The average Bonchev–Trinajstić information content (AvgIpc) is 2.45. The van der Waals surface area contributed by atoms with Gasteiger partial charge in [-0.1, -0.05) is 41.5 Å². The SMILES string of the molecule is CC1=CC2C=C(CC(NC(=O)OC(C)(C)C)C(=O)O)C(Cl)=NC2C=C1. The molecule has 1 amide bonds. The van der Waals surface area contributed by atoms with E-state index in [1.807, 2.05) is 25.2 Å². The summed E-state index contributed by atoms with van der Waals surface area (Å²) < 4.78 is 5.12. The van der Waals surface area contributed by atoms with Crippen LogP contribution in [-0.2, 0) is 9.53 Å². The van der Waals surface area contributed by atoms with Crippen molar-refractivity contribution in [1.82, 2.24) is 5.32 Å². The first-order valence-corrected chi connectivity index (χ1v) is 8.46. The Labute approximate surface area is 152 Å². The van der Waals surface area contributed by atoms with Gasteiger partial charge in [-0.25, -0.2) is 9.59 Å². The molecule has 0 aromatic carbocycles. The molecule has 0 spiro atoms. The van der Waals surface area contributed by atoms with E-state index in [9.17, 15) is 14.7 Å². The molecule has 1 heterocycles. The Balaban J connectivity index is 2.11. The fourth-order valence-corrected chi connectivity index (χ4v) is 2.90. The average molecular weight is 367 g/mol. The van der Waals surface area contributed by atoms with Crippen LogP contribution in [-0.4, -0.2) is 40.0 Å². The van der Waals surface area contributed by atoms with Gasteiger partial charge in [-0.3, -0.25) is 4.99 Å². The normalized spacial score (nSPS) is 23.6. The number of halogens is 1. The number of hydrogen-bond donors (Lipinski definition) is 2. The number of ether oxygens (including phenoxy) is 1. The highest BCUT2D eigenvalue weighted by Crippen LogP contribution is 2.29. The van der Waals surface area contributed by atoms with Gasteiger partial charge >= 0.3 is 12.1 Å². The van der Waals surface area contributed by atoms with E-state index in [0.29, 0.717) is 5.57 Å². The Morgan fingerprint density at radius 1 is 1.40 bits per heavy atom. The van der Waals surface area contributed by atoms with Crippen molar-refractivity contribution in [2.75, 3.05) is 0 Å². The lowest BCUT2D eigenvalue weighted by Gasteiger charge is -2.27. The first-order chi connectivity index (χ1) is 11.5. The number of allylic oxidation sites excluding steroid dienone is 2. The van der Waals surface area contributed by atoms with E-state index in [0.717, 1.165) is 5.57 Å². The first kappa shape index (κ1) is 19.2. The third kappa shape index (κ3) is 5.46. The summed E-state index contributed by atoms with van der Waals surface area (Å²) in [5.41, 5.74) is 1.01. The highest BCUT2D eigenvalue weighted by Gasteiger charge is 2.29. The fraction of sp³-hybridized carbons (Fsp3) is 0.500. The predicted molar refractivity (Wildman–Crippen MR) is 97.0 cm³/mol. The van der Waals surface area contributed by atoms with Crippen molar-refractivity contribution in [3.63, 3.8) is 0 Å². The lowest BCUT2D eigenvalue weighted by Crippen LogP contribution is -2.44. The largest absolute Gasteiger partial charge is 0.480 e. The second-order valence-corrected chi connectivity index (χ2v) is 7.55. The zero-order valence-electron chi connectivity index (χ0n) is 14.7. The number of alkyl carbamates (subject to hydrolysis) is 1. The molecule has 136 valence electrons. The molecule has 2 rings (SSSR count). The zero-order chi connectivity index (χ0) is 18.8. The molecule has 0 saturated heterocycles. The smallest absolute Gasteiger partial charge is 0.408 e. The predicted octanol–water partition coefficient (Wildman–Crippen LogP) is 3.43. The molecule has 25 heavy (non-hydrogen) atoms. The lowest BCUT2D eigenvalue weighted by atomic mass is 9.87. The molecule has 7 heteroatoms. The standard InChI is InChI=1S/C18H23ClN2O4/c1-10-5-6-13-11(7-10)8-12(15(19)20-13)9-14(16(22)23)21-17(24)25-18(2,3)4/h5-8,11,13-14H,9H2,1-4H3,(H,21,24)(H,22,23). The molecule has 3 unspecified atom stereocenters. The third-order valence-corrected chi connectivity index (χ3v) is 4.08. The molecule has 6 nitrogen and oxygen atoms in total. The van der Waals surface area contributed by atoms with Crippen LogP contribution in [0.5, 0.6) is 0 Å². The van der Waals surface area contributed by atoms with Crippen LogP contribution in [0.15, 0.2) is 40.4 Å². The topological polar surface area (TPSA) is 88.0 Å². The van der Waals surface area contributed by atoms with E-state index in [2.05, 4.69) is 16.4 Å². The highest BCUT2D eigenvalue weighted by molar-refractivity contribution is 6.69. The summed E-state index contributed by atoms with van der Waals surface area (Å²) in [4.78, 5) is 27.8. The number of nitrogens with one attached hydrogen (secondary N) is 1. The van der Waals surface area contributed by atoms with Gasteiger partial charge in [0.05, 0.1) is 6.04 Å². The van der Waals surface area contributed by atoms with Crippen molar-refractivity contribution >= 4 is 28.8 Å². The number of dihydropyridines is 1. The summed E-state index contributed by atoms with van der Waals surface area (Å²) in [5.74, 6) is -1.12. The number of fused-ring (bicyclic) bond motifs is 1. The summed E-state index contributed by atoms with van der Waals surface area (Å²) in [6.07, 6.45) is 7.20. The zero-order valence-corrected chi connectivity index (χ0v) is 15.5. The van der Waals surface area contributed by atoms with E-state index < -0.39 is 23.7 Å². The van der Waals surface area contributed by atoms with E-state index >= 15 is 0 Å². The molecular weight excluding hydrogens is 344 g/mol. The van der Waals surface area contributed by atoms with Crippen molar-refractivity contribution in [1.29, 1.82) is 0 Å². The molecule has 0 bridgehead atoms. The highest BCUT2D eigenvalue weighted by atomic mass is 35.5. The summed E-state index contributed by atoms with van der Waals surface area (Å²) >= 11 is 6.22. The minimum absolute atomic E-state index is 0.0384. The van der Waals surface area contributed by atoms with Gasteiger partial charge in [0.25, 0.3) is 0 Å². The molecule has 0 radical (unpaired) electrons. The van der Waals surface area contributed by atoms with Crippen molar-refractivity contribution in [3.05, 3.63) is 35.5 Å². The van der Waals surface area contributed by atoms with Crippen LogP contribution < -0.4 is 5.32 Å². The van der Waals surface area contributed by atoms with Gasteiger partial charge in [-0.15, -0.1) is 0 Å². The Morgan fingerprint density at radius 3 is 2.68 bits per heavy atom. The molecular formula is C18H23ClN2O4. The molecule has 1 aliphatic carbocycles. The number of aliphatic imine (C=N–C) groups is 1. The van der Waals surface area contributed by atoms with E-state index in [4.69, 9.17) is 16.3 Å².